The number of hydrogen-bond acceptors (Lipinski definition) is 7. The molecule has 3 rings (SSSR count). The molecule has 2 aromatic carbocycles. The fraction of sp³-hybridized carbons (Fsp3) is 0.292. The second-order valence-corrected chi connectivity index (χ2v) is 10.6. The summed E-state index contributed by atoms with van der Waals surface area (Å²) in [5.74, 6) is -0.0113. The molecule has 1 fully saturated rings. The monoisotopic (exact) mass is 659 g/mol. The number of esters is 1. The molecule has 1 heterocycles. The molecule has 0 unspecified atom stereocenters. The number of halogens is 2. The first-order valence-electron chi connectivity index (χ1n) is 10.5. The van der Waals surface area contributed by atoms with Crippen molar-refractivity contribution in [1.29, 1.82) is 0 Å². The molecular formula is C24H23BrINO6S. The third-order valence-electron chi connectivity index (χ3n) is 4.45. The lowest BCUT2D eigenvalue weighted by Crippen LogP contribution is -2.35. The van der Waals surface area contributed by atoms with Crippen molar-refractivity contribution in [1.82, 2.24) is 4.90 Å². The Balaban J connectivity index is 1.80. The van der Waals surface area contributed by atoms with Gasteiger partial charge >= 0.3 is 5.97 Å². The van der Waals surface area contributed by atoms with Crippen LogP contribution in [-0.4, -0.2) is 41.3 Å². The summed E-state index contributed by atoms with van der Waals surface area (Å²) in [5, 5.41) is -0.508. The summed E-state index contributed by atoms with van der Waals surface area (Å²) in [4.78, 5) is 38.1. The quantitative estimate of drug-likeness (QED) is 0.185. The van der Waals surface area contributed by atoms with Crippen LogP contribution in [0.4, 0.5) is 4.79 Å². The SMILES string of the molecule is CCOc1cc(/C=C2/SC(=O)N(CC(=O)OC(C)C)C2=O)cc(I)c1OCc1ccc(Br)cc1. The molecule has 2 amide bonds. The van der Waals surface area contributed by atoms with Gasteiger partial charge in [-0.1, -0.05) is 28.1 Å². The summed E-state index contributed by atoms with van der Waals surface area (Å²) in [6.45, 7) is 5.67. The van der Waals surface area contributed by atoms with Crippen LogP contribution in [0.2, 0.25) is 0 Å². The third kappa shape index (κ3) is 6.98. The standard InChI is InChI=1S/C24H23BrINO6S/c1-4-31-19-10-16(9-18(26)22(19)32-13-15-5-7-17(25)8-6-15)11-20-23(29)27(24(30)34-20)12-21(28)33-14(2)3/h5-11,14H,4,12-13H2,1-3H3/b20-11+. The van der Waals surface area contributed by atoms with Crippen LogP contribution in [0, 0.1) is 3.57 Å². The highest BCUT2D eigenvalue weighted by Crippen LogP contribution is 2.38. The molecule has 1 saturated heterocycles. The number of benzene rings is 2. The molecule has 0 aromatic heterocycles. The van der Waals surface area contributed by atoms with Crippen molar-refractivity contribution in [2.75, 3.05) is 13.2 Å². The molecule has 0 saturated carbocycles. The van der Waals surface area contributed by atoms with Crippen LogP contribution < -0.4 is 9.47 Å². The zero-order valence-corrected chi connectivity index (χ0v) is 23.4. The van der Waals surface area contributed by atoms with Gasteiger partial charge in [0.25, 0.3) is 11.1 Å². The highest BCUT2D eigenvalue weighted by atomic mass is 127. The summed E-state index contributed by atoms with van der Waals surface area (Å²) >= 11 is 6.36. The van der Waals surface area contributed by atoms with Gasteiger partial charge in [0.05, 0.1) is 21.2 Å². The first kappa shape index (κ1) is 26.6. The van der Waals surface area contributed by atoms with E-state index >= 15 is 0 Å². The molecule has 0 spiro atoms. The first-order valence-corrected chi connectivity index (χ1v) is 13.1. The normalized spacial score (nSPS) is 14.8. The average Bonchev–Trinajstić information content (AvgIpc) is 3.01. The first-order chi connectivity index (χ1) is 16.2. The highest BCUT2D eigenvalue weighted by molar-refractivity contribution is 14.1. The van der Waals surface area contributed by atoms with Crippen LogP contribution in [-0.2, 0) is 20.9 Å². The van der Waals surface area contributed by atoms with Gasteiger partial charge in [-0.25, -0.2) is 0 Å². The van der Waals surface area contributed by atoms with Gasteiger partial charge in [0.15, 0.2) is 11.5 Å². The molecule has 7 nitrogen and oxygen atoms in total. The van der Waals surface area contributed by atoms with Crippen molar-refractivity contribution in [2.45, 2.75) is 33.5 Å². The van der Waals surface area contributed by atoms with Gasteiger partial charge in [0.1, 0.15) is 13.2 Å². The number of hydrogen-bond donors (Lipinski definition) is 0. The molecule has 0 radical (unpaired) electrons. The Kier molecular flexibility index (Phi) is 9.43. The Morgan fingerprint density at radius 3 is 2.53 bits per heavy atom. The Bertz CT molecular complexity index is 1120. The van der Waals surface area contributed by atoms with Crippen molar-refractivity contribution >= 4 is 73.5 Å². The number of rotatable bonds is 9. The minimum Gasteiger partial charge on any atom is -0.490 e. The van der Waals surface area contributed by atoms with Crippen LogP contribution in [0.1, 0.15) is 31.9 Å². The van der Waals surface area contributed by atoms with Gasteiger partial charge in [-0.3, -0.25) is 19.3 Å². The van der Waals surface area contributed by atoms with Crippen molar-refractivity contribution < 1.29 is 28.6 Å². The summed E-state index contributed by atoms with van der Waals surface area (Å²) in [6, 6.07) is 11.5. The van der Waals surface area contributed by atoms with Crippen LogP contribution in [0.3, 0.4) is 0 Å². The zero-order chi connectivity index (χ0) is 24.8. The van der Waals surface area contributed by atoms with Gasteiger partial charge in [0.2, 0.25) is 0 Å². The van der Waals surface area contributed by atoms with Gasteiger partial charge < -0.3 is 14.2 Å². The maximum absolute atomic E-state index is 12.7. The zero-order valence-electron chi connectivity index (χ0n) is 18.8. The predicted molar refractivity (Wildman–Crippen MR) is 143 cm³/mol. The lowest BCUT2D eigenvalue weighted by Gasteiger charge is -2.15. The summed E-state index contributed by atoms with van der Waals surface area (Å²) in [6.07, 6.45) is 1.29. The second kappa shape index (κ2) is 12.1. The molecule has 1 aliphatic heterocycles. The average molecular weight is 660 g/mol. The number of carbonyl (C=O) groups excluding carboxylic acids is 3. The van der Waals surface area contributed by atoms with E-state index in [1.807, 2.05) is 37.3 Å². The largest absolute Gasteiger partial charge is 0.490 e. The Hall–Kier alpha value is -2.05. The number of carbonyl (C=O) groups is 3. The van der Waals surface area contributed by atoms with E-state index in [4.69, 9.17) is 14.2 Å². The minimum atomic E-state index is -0.626. The highest BCUT2D eigenvalue weighted by Gasteiger charge is 2.36. The fourth-order valence-corrected chi connectivity index (χ4v) is 4.91. The third-order valence-corrected chi connectivity index (χ3v) is 6.69. The van der Waals surface area contributed by atoms with E-state index in [0.717, 1.165) is 30.3 Å². The molecule has 1 aliphatic rings. The number of amides is 2. The van der Waals surface area contributed by atoms with Crippen LogP contribution in [0.5, 0.6) is 11.5 Å². The summed E-state index contributed by atoms with van der Waals surface area (Å²) in [5.41, 5.74) is 1.69. The molecule has 10 heteroatoms. The van der Waals surface area contributed by atoms with Gasteiger partial charge in [-0.05, 0) is 96.6 Å². The number of nitrogens with zero attached hydrogens (tertiary/aromatic N) is 1. The van der Waals surface area contributed by atoms with Crippen molar-refractivity contribution in [3.8, 4) is 11.5 Å². The van der Waals surface area contributed by atoms with E-state index in [0.29, 0.717) is 30.3 Å². The molecule has 34 heavy (non-hydrogen) atoms. The smallest absolute Gasteiger partial charge is 0.326 e. The van der Waals surface area contributed by atoms with E-state index in [9.17, 15) is 14.4 Å². The van der Waals surface area contributed by atoms with E-state index < -0.39 is 23.7 Å². The maximum atomic E-state index is 12.7. The topological polar surface area (TPSA) is 82.1 Å². The lowest BCUT2D eigenvalue weighted by molar-refractivity contribution is -0.149. The minimum absolute atomic E-state index is 0.226. The summed E-state index contributed by atoms with van der Waals surface area (Å²) in [7, 11) is 0. The molecular weight excluding hydrogens is 637 g/mol. The van der Waals surface area contributed by atoms with Crippen LogP contribution in [0.25, 0.3) is 6.08 Å². The van der Waals surface area contributed by atoms with Gasteiger partial charge in [-0.2, -0.15) is 0 Å². The number of thioether (sulfide) groups is 1. The number of imide groups is 1. The maximum Gasteiger partial charge on any atom is 0.326 e. The van der Waals surface area contributed by atoms with Crippen LogP contribution >= 0.6 is 50.3 Å². The Labute approximate surface area is 224 Å². The lowest BCUT2D eigenvalue weighted by atomic mass is 10.1. The predicted octanol–water partition coefficient (Wildman–Crippen LogP) is 6.02. The summed E-state index contributed by atoms with van der Waals surface area (Å²) < 4.78 is 18.7. The molecule has 2 aromatic rings. The van der Waals surface area contributed by atoms with E-state index in [1.54, 1.807) is 26.0 Å². The van der Waals surface area contributed by atoms with E-state index in [-0.39, 0.29) is 11.0 Å². The van der Waals surface area contributed by atoms with Crippen LogP contribution in [0.15, 0.2) is 45.8 Å². The van der Waals surface area contributed by atoms with Gasteiger partial charge in [-0.15, -0.1) is 0 Å². The van der Waals surface area contributed by atoms with E-state index in [2.05, 4.69) is 38.5 Å². The van der Waals surface area contributed by atoms with Gasteiger partial charge in [0, 0.05) is 4.47 Å². The fourth-order valence-electron chi connectivity index (χ4n) is 3.03. The Morgan fingerprint density at radius 1 is 1.18 bits per heavy atom. The molecule has 180 valence electrons. The second-order valence-electron chi connectivity index (χ2n) is 7.48. The molecule has 0 aliphatic carbocycles. The van der Waals surface area contributed by atoms with Crippen molar-refractivity contribution in [2.24, 2.45) is 0 Å². The molecule has 0 N–H and O–H groups in total. The van der Waals surface area contributed by atoms with Crippen molar-refractivity contribution in [3.05, 3.63) is 60.5 Å². The Morgan fingerprint density at radius 2 is 1.88 bits per heavy atom. The molecule has 0 bridgehead atoms. The van der Waals surface area contributed by atoms with Crippen molar-refractivity contribution in [3.63, 3.8) is 0 Å². The number of ether oxygens (including phenoxy) is 3. The molecule has 0 atom stereocenters. The van der Waals surface area contributed by atoms with E-state index in [1.165, 1.54) is 0 Å².